The molecular formula is C24H32N4O7. The van der Waals surface area contributed by atoms with Gasteiger partial charge in [0.15, 0.2) is 0 Å². The van der Waals surface area contributed by atoms with Crippen LogP contribution in [0.25, 0.3) is 0 Å². The molecule has 0 radical (unpaired) electrons. The Kier molecular flexibility index (Phi) is 7.99. The van der Waals surface area contributed by atoms with Crippen LogP contribution < -0.4 is 0 Å². The molecule has 1 aromatic carbocycles. The first-order valence-electron chi connectivity index (χ1n) is 11.9. The van der Waals surface area contributed by atoms with Gasteiger partial charge in [0.2, 0.25) is 0 Å². The molecule has 190 valence electrons. The highest BCUT2D eigenvalue weighted by Gasteiger charge is 2.40. The first kappa shape index (κ1) is 25.1. The summed E-state index contributed by atoms with van der Waals surface area (Å²) >= 11 is 0. The van der Waals surface area contributed by atoms with Gasteiger partial charge >= 0.3 is 11.9 Å². The number of carboxylic acids is 2. The van der Waals surface area contributed by atoms with E-state index in [1.807, 2.05) is 34.1 Å². The molecule has 0 saturated carbocycles. The van der Waals surface area contributed by atoms with Crippen LogP contribution in [-0.4, -0.2) is 108 Å². The molecule has 3 aliphatic heterocycles. The topological polar surface area (TPSA) is 145 Å². The molecule has 2 fully saturated rings. The van der Waals surface area contributed by atoms with Crippen LogP contribution in [0.15, 0.2) is 29.4 Å². The first-order valence-corrected chi connectivity index (χ1v) is 11.9. The molecule has 11 heteroatoms. The van der Waals surface area contributed by atoms with Gasteiger partial charge in [-0.05, 0) is 18.4 Å². The first-order chi connectivity index (χ1) is 16.8. The van der Waals surface area contributed by atoms with Gasteiger partial charge in [-0.25, -0.2) is 4.79 Å². The van der Waals surface area contributed by atoms with E-state index in [4.69, 9.17) is 29.9 Å². The highest BCUT2D eigenvalue weighted by atomic mass is 16.6. The number of carbonyl (C=O) groups is 2. The van der Waals surface area contributed by atoms with Crippen molar-refractivity contribution in [2.45, 2.75) is 37.4 Å². The SMILES string of the molecule is N=C(c1ccc(C2=NOC(CC3(OCC(=O)O)CCN(CC(=O)O)CC3)C2)cc1)N1CCOCC1. The minimum absolute atomic E-state index is 0.0405. The normalized spacial score (nSPS) is 22.3. The summed E-state index contributed by atoms with van der Waals surface area (Å²) < 4.78 is 11.2. The second-order valence-corrected chi connectivity index (χ2v) is 9.23. The fourth-order valence-corrected chi connectivity index (χ4v) is 4.85. The van der Waals surface area contributed by atoms with Gasteiger partial charge in [0, 0.05) is 44.6 Å². The Hall–Kier alpha value is -3.02. The average Bonchev–Trinajstić information content (AvgIpc) is 3.32. The van der Waals surface area contributed by atoms with Crippen LogP contribution in [0, 0.1) is 5.41 Å². The predicted octanol–water partition coefficient (Wildman–Crippen LogP) is 1.25. The number of nitrogens with one attached hydrogen (secondary N) is 1. The van der Waals surface area contributed by atoms with Crippen LogP contribution in [0.4, 0.5) is 0 Å². The van der Waals surface area contributed by atoms with Gasteiger partial charge in [-0.2, -0.15) is 0 Å². The lowest BCUT2D eigenvalue weighted by atomic mass is 9.84. The summed E-state index contributed by atoms with van der Waals surface area (Å²) in [5, 5.41) is 30.9. The van der Waals surface area contributed by atoms with Crippen LogP contribution in [0.3, 0.4) is 0 Å². The third-order valence-electron chi connectivity index (χ3n) is 6.78. The van der Waals surface area contributed by atoms with Crippen LogP contribution in [0.1, 0.15) is 36.8 Å². The Morgan fingerprint density at radius 1 is 1.09 bits per heavy atom. The van der Waals surface area contributed by atoms with Gasteiger partial charge in [0.25, 0.3) is 0 Å². The van der Waals surface area contributed by atoms with Gasteiger partial charge in [-0.3, -0.25) is 15.1 Å². The van der Waals surface area contributed by atoms with Crippen LogP contribution in [0.2, 0.25) is 0 Å². The van der Waals surface area contributed by atoms with Crippen LogP contribution in [0.5, 0.6) is 0 Å². The van der Waals surface area contributed by atoms with E-state index in [-0.39, 0.29) is 12.6 Å². The van der Waals surface area contributed by atoms with Crippen molar-refractivity contribution in [2.75, 3.05) is 52.5 Å². The number of ether oxygens (including phenoxy) is 2. The van der Waals surface area contributed by atoms with Gasteiger partial charge in [0.1, 0.15) is 18.5 Å². The summed E-state index contributed by atoms with van der Waals surface area (Å²) in [5.74, 6) is -1.44. The maximum absolute atomic E-state index is 11.2. The van der Waals surface area contributed by atoms with E-state index in [0.717, 1.165) is 16.8 Å². The molecule has 11 nitrogen and oxygen atoms in total. The molecule has 0 bridgehead atoms. The summed E-state index contributed by atoms with van der Waals surface area (Å²) in [7, 11) is 0. The monoisotopic (exact) mass is 488 g/mol. The lowest BCUT2D eigenvalue weighted by molar-refractivity contribution is -0.159. The Morgan fingerprint density at radius 3 is 2.40 bits per heavy atom. The zero-order valence-electron chi connectivity index (χ0n) is 19.6. The van der Waals surface area contributed by atoms with Crippen molar-refractivity contribution >= 4 is 23.5 Å². The third-order valence-corrected chi connectivity index (χ3v) is 6.78. The number of aliphatic carboxylic acids is 2. The Labute approximate surface area is 203 Å². The number of piperidine rings is 1. The predicted molar refractivity (Wildman–Crippen MR) is 126 cm³/mol. The van der Waals surface area contributed by atoms with E-state index in [1.165, 1.54) is 0 Å². The molecule has 3 N–H and O–H groups in total. The van der Waals surface area contributed by atoms with E-state index < -0.39 is 24.1 Å². The molecule has 0 aliphatic carbocycles. The number of morpholine rings is 1. The Balaban J connectivity index is 1.35. The number of benzene rings is 1. The quantitative estimate of drug-likeness (QED) is 0.345. The Bertz CT molecular complexity index is 951. The number of likely N-dealkylation sites (tertiary alicyclic amines) is 1. The highest BCUT2D eigenvalue weighted by Crippen LogP contribution is 2.34. The van der Waals surface area contributed by atoms with Gasteiger partial charge < -0.3 is 29.4 Å². The number of amidine groups is 1. The highest BCUT2D eigenvalue weighted by molar-refractivity contribution is 6.02. The smallest absolute Gasteiger partial charge is 0.329 e. The molecule has 35 heavy (non-hydrogen) atoms. The molecule has 0 amide bonds. The molecule has 4 rings (SSSR count). The third kappa shape index (κ3) is 6.56. The van der Waals surface area contributed by atoms with Crippen molar-refractivity contribution in [2.24, 2.45) is 5.16 Å². The minimum Gasteiger partial charge on any atom is -0.480 e. The number of oxime groups is 1. The fraction of sp³-hybridized carbons (Fsp3) is 0.583. The molecule has 1 unspecified atom stereocenters. The maximum atomic E-state index is 11.2. The summed E-state index contributed by atoms with van der Waals surface area (Å²) in [5.41, 5.74) is 1.86. The molecule has 1 aromatic rings. The molecule has 0 aromatic heterocycles. The zero-order valence-corrected chi connectivity index (χ0v) is 19.6. The second kappa shape index (κ2) is 11.1. The van der Waals surface area contributed by atoms with Gasteiger partial charge in [0.05, 0.1) is 31.1 Å². The van der Waals surface area contributed by atoms with Gasteiger partial charge in [-0.1, -0.05) is 29.4 Å². The van der Waals surface area contributed by atoms with E-state index in [2.05, 4.69) is 5.16 Å². The number of hydrogen-bond donors (Lipinski definition) is 3. The summed E-state index contributed by atoms with van der Waals surface area (Å²) in [6.07, 6.45) is 1.85. The standard InChI is InChI=1S/C24H32N4O7/c25-23(28-9-11-33-12-10-28)18-3-1-17(2-4-18)20-13-19(35-26-20)14-24(34-16-22(31)32)5-7-27(8-6-24)15-21(29)30/h1-4,19,25H,5-16H2,(H,29,30)(H,31,32). The average molecular weight is 489 g/mol. The zero-order chi connectivity index (χ0) is 24.8. The van der Waals surface area contributed by atoms with E-state index in [1.54, 1.807) is 0 Å². The maximum Gasteiger partial charge on any atom is 0.329 e. The molecule has 0 spiro atoms. The van der Waals surface area contributed by atoms with Crippen LogP contribution in [-0.2, 0) is 23.9 Å². The van der Waals surface area contributed by atoms with E-state index in [0.29, 0.717) is 70.9 Å². The molecule has 2 saturated heterocycles. The molecule has 3 aliphatic rings. The van der Waals surface area contributed by atoms with Crippen molar-refractivity contribution < 1.29 is 34.1 Å². The summed E-state index contributed by atoms with van der Waals surface area (Å²) in [6.45, 7) is 3.27. The molecule has 1 atom stereocenters. The van der Waals surface area contributed by atoms with E-state index in [9.17, 15) is 9.59 Å². The van der Waals surface area contributed by atoms with Gasteiger partial charge in [-0.15, -0.1) is 0 Å². The van der Waals surface area contributed by atoms with Crippen LogP contribution >= 0.6 is 0 Å². The lowest BCUT2D eigenvalue weighted by Crippen LogP contribution is -2.49. The summed E-state index contributed by atoms with van der Waals surface area (Å²) in [4.78, 5) is 31.7. The number of carboxylic acid groups (broad SMARTS) is 2. The molecule has 3 heterocycles. The minimum atomic E-state index is -1.04. The largest absolute Gasteiger partial charge is 0.480 e. The van der Waals surface area contributed by atoms with Crippen molar-refractivity contribution in [3.63, 3.8) is 0 Å². The van der Waals surface area contributed by atoms with Crippen molar-refractivity contribution in [3.8, 4) is 0 Å². The number of nitrogens with zero attached hydrogens (tertiary/aromatic N) is 3. The second-order valence-electron chi connectivity index (χ2n) is 9.23. The van der Waals surface area contributed by atoms with Crippen molar-refractivity contribution in [1.82, 2.24) is 9.80 Å². The number of hydrogen-bond acceptors (Lipinski definition) is 8. The van der Waals surface area contributed by atoms with Crippen molar-refractivity contribution in [1.29, 1.82) is 5.41 Å². The van der Waals surface area contributed by atoms with E-state index >= 15 is 0 Å². The number of rotatable bonds is 9. The Morgan fingerprint density at radius 2 is 1.77 bits per heavy atom. The summed E-state index contributed by atoms with van der Waals surface area (Å²) in [6, 6.07) is 7.71. The van der Waals surface area contributed by atoms with Crippen molar-refractivity contribution in [3.05, 3.63) is 35.4 Å². The molecular weight excluding hydrogens is 456 g/mol. The lowest BCUT2D eigenvalue weighted by Gasteiger charge is -2.41. The fourth-order valence-electron chi connectivity index (χ4n) is 4.85.